The number of amides is 1. The van der Waals surface area contributed by atoms with Crippen molar-refractivity contribution in [1.82, 2.24) is 4.90 Å². The van der Waals surface area contributed by atoms with Gasteiger partial charge in [-0.1, -0.05) is 18.2 Å². The van der Waals surface area contributed by atoms with Crippen molar-refractivity contribution >= 4 is 11.6 Å². The van der Waals surface area contributed by atoms with E-state index in [1.54, 1.807) is 17.0 Å². The van der Waals surface area contributed by atoms with Crippen LogP contribution in [0.1, 0.15) is 18.9 Å². The van der Waals surface area contributed by atoms with Crippen LogP contribution >= 0.6 is 0 Å². The standard InChI is InChI=1S/C22H25FN2O3/c1-2-27-20-8-6-17(7-9-20)13-24-11-10-22(15-24)16-25(21(26)14-28-22)19-5-3-4-18(23)12-19/h3-9,12H,2,10-11,13-16H2,1H3. The third-order valence-electron chi connectivity index (χ3n) is 5.40. The summed E-state index contributed by atoms with van der Waals surface area (Å²) in [7, 11) is 0. The van der Waals surface area contributed by atoms with E-state index in [2.05, 4.69) is 17.0 Å². The minimum atomic E-state index is -0.397. The molecule has 2 aliphatic rings. The molecule has 0 aromatic heterocycles. The number of benzene rings is 2. The Hall–Kier alpha value is -2.44. The number of ether oxygens (including phenoxy) is 2. The number of carbonyl (C=O) groups is 1. The van der Waals surface area contributed by atoms with Crippen LogP contribution in [-0.2, 0) is 16.1 Å². The number of morpholine rings is 1. The number of likely N-dealkylation sites (tertiary alicyclic amines) is 1. The van der Waals surface area contributed by atoms with Crippen molar-refractivity contribution in [3.63, 3.8) is 0 Å². The van der Waals surface area contributed by atoms with Gasteiger partial charge in [0.05, 0.1) is 13.2 Å². The van der Waals surface area contributed by atoms with Crippen molar-refractivity contribution in [3.05, 3.63) is 59.9 Å². The maximum atomic E-state index is 13.6. The van der Waals surface area contributed by atoms with Gasteiger partial charge in [-0.25, -0.2) is 4.39 Å². The summed E-state index contributed by atoms with van der Waals surface area (Å²) in [6.07, 6.45) is 0.850. The van der Waals surface area contributed by atoms with E-state index < -0.39 is 5.60 Å². The largest absolute Gasteiger partial charge is 0.494 e. The summed E-state index contributed by atoms with van der Waals surface area (Å²) in [6.45, 7) is 5.59. The van der Waals surface area contributed by atoms with E-state index in [0.29, 0.717) is 18.8 Å². The minimum absolute atomic E-state index is 0.0351. The molecule has 2 fully saturated rings. The number of hydrogen-bond donors (Lipinski definition) is 0. The first-order chi connectivity index (χ1) is 13.6. The average molecular weight is 384 g/mol. The van der Waals surface area contributed by atoms with Gasteiger partial charge in [-0.05, 0) is 49.2 Å². The molecule has 2 saturated heterocycles. The second kappa shape index (κ2) is 7.89. The van der Waals surface area contributed by atoms with E-state index in [1.165, 1.54) is 17.7 Å². The van der Waals surface area contributed by atoms with E-state index in [1.807, 2.05) is 19.1 Å². The highest BCUT2D eigenvalue weighted by atomic mass is 19.1. The highest BCUT2D eigenvalue weighted by molar-refractivity contribution is 5.95. The van der Waals surface area contributed by atoms with E-state index in [9.17, 15) is 9.18 Å². The number of anilines is 1. The lowest BCUT2D eigenvalue weighted by atomic mass is 10.00. The quantitative estimate of drug-likeness (QED) is 0.794. The summed E-state index contributed by atoms with van der Waals surface area (Å²) in [5.41, 5.74) is 1.41. The molecule has 5 nitrogen and oxygen atoms in total. The fourth-order valence-electron chi connectivity index (χ4n) is 4.02. The first-order valence-electron chi connectivity index (χ1n) is 9.71. The van der Waals surface area contributed by atoms with Crippen LogP contribution in [0, 0.1) is 5.82 Å². The zero-order valence-corrected chi connectivity index (χ0v) is 16.1. The summed E-state index contributed by atoms with van der Waals surface area (Å²) in [5.74, 6) is 0.416. The van der Waals surface area contributed by atoms with Crippen molar-refractivity contribution in [2.75, 3.05) is 37.7 Å². The smallest absolute Gasteiger partial charge is 0.253 e. The predicted molar refractivity (Wildman–Crippen MR) is 105 cm³/mol. The molecule has 1 unspecified atom stereocenters. The van der Waals surface area contributed by atoms with Gasteiger partial charge in [0, 0.05) is 25.3 Å². The van der Waals surface area contributed by atoms with Crippen molar-refractivity contribution in [2.24, 2.45) is 0 Å². The number of nitrogens with zero attached hydrogens (tertiary/aromatic N) is 2. The Morgan fingerprint density at radius 2 is 2.00 bits per heavy atom. The lowest BCUT2D eigenvalue weighted by molar-refractivity contribution is -0.137. The van der Waals surface area contributed by atoms with Crippen LogP contribution in [0.25, 0.3) is 0 Å². The van der Waals surface area contributed by atoms with E-state index in [0.717, 1.165) is 31.8 Å². The van der Waals surface area contributed by atoms with Crippen molar-refractivity contribution in [2.45, 2.75) is 25.5 Å². The number of carbonyl (C=O) groups excluding carboxylic acids is 1. The molecule has 28 heavy (non-hydrogen) atoms. The molecule has 0 bridgehead atoms. The second-order valence-corrected chi connectivity index (χ2v) is 7.47. The van der Waals surface area contributed by atoms with E-state index >= 15 is 0 Å². The Kier molecular flexibility index (Phi) is 5.33. The first-order valence-corrected chi connectivity index (χ1v) is 9.71. The Morgan fingerprint density at radius 3 is 2.75 bits per heavy atom. The van der Waals surface area contributed by atoms with Crippen LogP contribution < -0.4 is 9.64 Å². The number of hydrogen-bond acceptors (Lipinski definition) is 4. The molecule has 6 heteroatoms. The van der Waals surface area contributed by atoms with Gasteiger partial charge in [-0.15, -0.1) is 0 Å². The molecule has 0 N–H and O–H groups in total. The van der Waals surface area contributed by atoms with Crippen LogP contribution in [0.3, 0.4) is 0 Å². The average Bonchev–Trinajstić information content (AvgIpc) is 3.08. The number of halogens is 1. The van der Waals surface area contributed by atoms with Gasteiger partial charge in [0.15, 0.2) is 0 Å². The molecule has 0 saturated carbocycles. The highest BCUT2D eigenvalue weighted by Gasteiger charge is 2.45. The molecular weight excluding hydrogens is 359 g/mol. The fraction of sp³-hybridized carbons (Fsp3) is 0.409. The van der Waals surface area contributed by atoms with Crippen molar-refractivity contribution in [1.29, 1.82) is 0 Å². The Labute approximate surface area is 164 Å². The molecule has 1 amide bonds. The molecule has 4 rings (SSSR count). The van der Waals surface area contributed by atoms with Gasteiger partial charge in [-0.2, -0.15) is 0 Å². The summed E-state index contributed by atoms with van der Waals surface area (Å²) in [4.78, 5) is 16.4. The fourth-order valence-corrected chi connectivity index (χ4v) is 4.02. The van der Waals surface area contributed by atoms with Crippen LogP contribution in [0.15, 0.2) is 48.5 Å². The molecule has 2 aliphatic heterocycles. The molecule has 0 radical (unpaired) electrons. The third kappa shape index (κ3) is 4.03. The van der Waals surface area contributed by atoms with E-state index in [4.69, 9.17) is 9.47 Å². The Morgan fingerprint density at radius 1 is 1.18 bits per heavy atom. The van der Waals surface area contributed by atoms with Crippen LogP contribution in [0.5, 0.6) is 5.75 Å². The normalized spacial score (nSPS) is 22.8. The molecular formula is C22H25FN2O3. The van der Waals surface area contributed by atoms with Crippen molar-refractivity contribution in [3.8, 4) is 5.75 Å². The zero-order valence-electron chi connectivity index (χ0n) is 16.1. The molecule has 1 spiro atoms. The van der Waals surface area contributed by atoms with E-state index in [-0.39, 0.29) is 18.3 Å². The monoisotopic (exact) mass is 384 g/mol. The Balaban J connectivity index is 1.42. The van der Waals surface area contributed by atoms with Gasteiger partial charge in [0.2, 0.25) is 0 Å². The second-order valence-electron chi connectivity index (χ2n) is 7.47. The maximum absolute atomic E-state index is 13.6. The number of rotatable bonds is 5. The summed E-state index contributed by atoms with van der Waals surface area (Å²) >= 11 is 0. The summed E-state index contributed by atoms with van der Waals surface area (Å²) in [5, 5.41) is 0. The SMILES string of the molecule is CCOc1ccc(CN2CCC3(C2)CN(c2cccc(F)c2)C(=O)CO3)cc1. The van der Waals surface area contributed by atoms with Gasteiger partial charge in [-0.3, -0.25) is 9.69 Å². The molecule has 148 valence electrons. The predicted octanol–water partition coefficient (Wildman–Crippen LogP) is 3.23. The van der Waals surface area contributed by atoms with Gasteiger partial charge < -0.3 is 14.4 Å². The molecule has 2 aromatic carbocycles. The zero-order chi connectivity index (χ0) is 19.6. The third-order valence-corrected chi connectivity index (χ3v) is 5.40. The topological polar surface area (TPSA) is 42.0 Å². The first kappa shape index (κ1) is 18.9. The lowest BCUT2D eigenvalue weighted by Gasteiger charge is -2.40. The molecule has 0 aliphatic carbocycles. The lowest BCUT2D eigenvalue weighted by Crippen LogP contribution is -2.56. The van der Waals surface area contributed by atoms with Crippen molar-refractivity contribution < 1.29 is 18.7 Å². The summed E-state index contributed by atoms with van der Waals surface area (Å²) < 4.78 is 25.1. The van der Waals surface area contributed by atoms with Gasteiger partial charge in [0.25, 0.3) is 5.91 Å². The van der Waals surface area contributed by atoms with Crippen LogP contribution in [-0.4, -0.2) is 49.3 Å². The maximum Gasteiger partial charge on any atom is 0.253 e. The summed E-state index contributed by atoms with van der Waals surface area (Å²) in [6, 6.07) is 14.3. The molecule has 2 heterocycles. The Bertz CT molecular complexity index is 842. The van der Waals surface area contributed by atoms with Crippen LogP contribution in [0.2, 0.25) is 0 Å². The highest BCUT2D eigenvalue weighted by Crippen LogP contribution is 2.33. The molecule has 1 atom stereocenters. The van der Waals surface area contributed by atoms with Gasteiger partial charge in [0.1, 0.15) is 23.8 Å². The molecule has 2 aromatic rings. The van der Waals surface area contributed by atoms with Crippen LogP contribution in [0.4, 0.5) is 10.1 Å². The minimum Gasteiger partial charge on any atom is -0.494 e. The van der Waals surface area contributed by atoms with Gasteiger partial charge >= 0.3 is 0 Å².